The summed E-state index contributed by atoms with van der Waals surface area (Å²) in [6, 6.07) is 11.7. The van der Waals surface area contributed by atoms with Crippen molar-refractivity contribution in [1.82, 2.24) is 15.0 Å². The van der Waals surface area contributed by atoms with Crippen molar-refractivity contribution in [2.45, 2.75) is 39.7 Å². The van der Waals surface area contributed by atoms with Crippen LogP contribution in [0, 0.1) is 6.92 Å². The Morgan fingerprint density at radius 3 is 2.67 bits per heavy atom. The summed E-state index contributed by atoms with van der Waals surface area (Å²) in [6.07, 6.45) is 2.54. The summed E-state index contributed by atoms with van der Waals surface area (Å²) in [4.78, 5) is 28.0. The first-order chi connectivity index (χ1) is 14.4. The number of carbonyl (C=O) groups is 1. The van der Waals surface area contributed by atoms with Crippen molar-refractivity contribution in [2.75, 3.05) is 22.5 Å². The van der Waals surface area contributed by atoms with Crippen LogP contribution in [0.15, 0.2) is 42.6 Å². The standard InChI is InChI=1S/C23H26N6O/c1-14(2)16-4-6-18(7-5-16)26-22(30)20-10-15(3)11-21(27-20)29-9-8-19-17(13-29)12-25-23(24)28-19/h4-7,10-12,14H,8-9,13H2,1-3H3,(H,26,30)(H2,24,25,28). The maximum atomic E-state index is 12.8. The van der Waals surface area contributed by atoms with Crippen molar-refractivity contribution in [2.24, 2.45) is 0 Å². The molecule has 1 aliphatic rings. The molecule has 0 atom stereocenters. The highest BCUT2D eigenvalue weighted by molar-refractivity contribution is 6.03. The average Bonchev–Trinajstić information content (AvgIpc) is 2.73. The van der Waals surface area contributed by atoms with Gasteiger partial charge in [0, 0.05) is 37.0 Å². The first kappa shape index (κ1) is 19.8. The van der Waals surface area contributed by atoms with Crippen molar-refractivity contribution in [1.29, 1.82) is 0 Å². The molecule has 2 aromatic heterocycles. The number of benzene rings is 1. The lowest BCUT2D eigenvalue weighted by atomic mass is 10.0. The Morgan fingerprint density at radius 1 is 1.17 bits per heavy atom. The van der Waals surface area contributed by atoms with Crippen molar-refractivity contribution < 1.29 is 4.79 Å². The Balaban J connectivity index is 1.53. The third kappa shape index (κ3) is 4.25. The molecule has 0 spiro atoms. The molecule has 3 aromatic rings. The maximum Gasteiger partial charge on any atom is 0.274 e. The smallest absolute Gasteiger partial charge is 0.274 e. The summed E-state index contributed by atoms with van der Waals surface area (Å²) in [6.45, 7) is 7.67. The lowest BCUT2D eigenvalue weighted by Gasteiger charge is -2.29. The Hall–Kier alpha value is -3.48. The fourth-order valence-electron chi connectivity index (χ4n) is 3.60. The van der Waals surface area contributed by atoms with Gasteiger partial charge in [0.05, 0.1) is 5.69 Å². The number of hydrogen-bond donors (Lipinski definition) is 2. The zero-order valence-electron chi connectivity index (χ0n) is 17.5. The molecule has 1 aromatic carbocycles. The molecule has 3 heterocycles. The number of carbonyl (C=O) groups excluding carboxylic acids is 1. The van der Waals surface area contributed by atoms with Crippen molar-refractivity contribution in [3.63, 3.8) is 0 Å². The first-order valence-electron chi connectivity index (χ1n) is 10.1. The maximum absolute atomic E-state index is 12.8. The molecule has 0 radical (unpaired) electrons. The topological polar surface area (TPSA) is 97.0 Å². The summed E-state index contributed by atoms with van der Waals surface area (Å²) < 4.78 is 0. The number of nitrogens with zero attached hydrogens (tertiary/aromatic N) is 4. The molecule has 1 aliphatic heterocycles. The van der Waals surface area contributed by atoms with Crippen LogP contribution in [-0.2, 0) is 13.0 Å². The van der Waals surface area contributed by atoms with Gasteiger partial charge in [-0.1, -0.05) is 26.0 Å². The summed E-state index contributed by atoms with van der Waals surface area (Å²) in [5, 5.41) is 2.95. The molecule has 4 rings (SSSR count). The van der Waals surface area contributed by atoms with Crippen LogP contribution < -0.4 is 16.0 Å². The third-order valence-corrected chi connectivity index (χ3v) is 5.30. The number of rotatable bonds is 4. The molecule has 154 valence electrons. The van der Waals surface area contributed by atoms with E-state index in [0.717, 1.165) is 41.3 Å². The molecular weight excluding hydrogens is 376 g/mol. The van der Waals surface area contributed by atoms with Crippen LogP contribution in [-0.4, -0.2) is 27.4 Å². The van der Waals surface area contributed by atoms with Gasteiger partial charge in [-0.25, -0.2) is 15.0 Å². The number of nitrogens with two attached hydrogens (primary N) is 1. The number of hydrogen-bond acceptors (Lipinski definition) is 6. The summed E-state index contributed by atoms with van der Waals surface area (Å²) in [7, 11) is 0. The lowest BCUT2D eigenvalue weighted by molar-refractivity contribution is 0.102. The van der Waals surface area contributed by atoms with Gasteiger partial charge < -0.3 is 16.0 Å². The van der Waals surface area contributed by atoms with Crippen LogP contribution >= 0.6 is 0 Å². The average molecular weight is 403 g/mol. The number of aryl methyl sites for hydroxylation is 1. The van der Waals surface area contributed by atoms with E-state index < -0.39 is 0 Å². The van der Waals surface area contributed by atoms with Gasteiger partial charge >= 0.3 is 0 Å². The van der Waals surface area contributed by atoms with Gasteiger partial charge in [0.1, 0.15) is 11.5 Å². The van der Waals surface area contributed by atoms with Gasteiger partial charge in [0.2, 0.25) is 5.95 Å². The van der Waals surface area contributed by atoms with Gasteiger partial charge in [0.15, 0.2) is 0 Å². The number of nitrogen functional groups attached to an aromatic ring is 1. The van der Waals surface area contributed by atoms with E-state index in [1.165, 1.54) is 5.56 Å². The molecular formula is C23H26N6O. The fraction of sp³-hybridized carbons (Fsp3) is 0.304. The summed E-state index contributed by atoms with van der Waals surface area (Å²) in [5.41, 5.74) is 11.1. The van der Waals surface area contributed by atoms with Gasteiger partial charge in [-0.15, -0.1) is 0 Å². The first-order valence-corrected chi connectivity index (χ1v) is 10.1. The van der Waals surface area contributed by atoms with E-state index in [1.54, 1.807) is 6.20 Å². The number of pyridine rings is 1. The van der Waals surface area contributed by atoms with Crippen molar-refractivity contribution in [3.8, 4) is 0 Å². The molecule has 30 heavy (non-hydrogen) atoms. The number of fused-ring (bicyclic) bond motifs is 1. The van der Waals surface area contributed by atoms with Crippen LogP contribution in [0.4, 0.5) is 17.5 Å². The van der Waals surface area contributed by atoms with Gasteiger partial charge in [-0.3, -0.25) is 4.79 Å². The zero-order chi connectivity index (χ0) is 21.3. The van der Waals surface area contributed by atoms with Gasteiger partial charge in [-0.2, -0.15) is 0 Å². The highest BCUT2D eigenvalue weighted by Gasteiger charge is 2.21. The van der Waals surface area contributed by atoms with Gasteiger partial charge in [-0.05, 0) is 48.2 Å². The van der Waals surface area contributed by atoms with Crippen LogP contribution in [0.1, 0.15) is 52.6 Å². The van der Waals surface area contributed by atoms with E-state index in [-0.39, 0.29) is 5.91 Å². The van der Waals surface area contributed by atoms with E-state index in [2.05, 4.69) is 39.0 Å². The van der Waals surface area contributed by atoms with Crippen LogP contribution in [0.25, 0.3) is 0 Å². The summed E-state index contributed by atoms with van der Waals surface area (Å²) in [5.74, 6) is 1.31. The minimum absolute atomic E-state index is 0.217. The number of amides is 1. The largest absolute Gasteiger partial charge is 0.368 e. The molecule has 1 amide bonds. The van der Waals surface area contributed by atoms with E-state index in [1.807, 2.05) is 43.3 Å². The molecule has 0 bridgehead atoms. The van der Waals surface area contributed by atoms with E-state index in [9.17, 15) is 4.79 Å². The number of anilines is 3. The van der Waals surface area contributed by atoms with Crippen LogP contribution in [0.3, 0.4) is 0 Å². The van der Waals surface area contributed by atoms with Crippen LogP contribution in [0.2, 0.25) is 0 Å². The SMILES string of the molecule is Cc1cc(C(=O)Nc2ccc(C(C)C)cc2)nc(N2CCc3nc(N)ncc3C2)c1. The highest BCUT2D eigenvalue weighted by Crippen LogP contribution is 2.24. The number of aromatic nitrogens is 3. The highest BCUT2D eigenvalue weighted by atomic mass is 16.1. The Bertz CT molecular complexity index is 1080. The second kappa shape index (κ2) is 8.10. The Kier molecular flexibility index (Phi) is 5.35. The molecule has 0 fully saturated rings. The van der Waals surface area contributed by atoms with E-state index >= 15 is 0 Å². The Morgan fingerprint density at radius 2 is 1.93 bits per heavy atom. The molecule has 0 aliphatic carbocycles. The zero-order valence-corrected chi connectivity index (χ0v) is 17.5. The second-order valence-electron chi connectivity index (χ2n) is 7.99. The third-order valence-electron chi connectivity index (χ3n) is 5.30. The molecule has 0 saturated heterocycles. The monoisotopic (exact) mass is 402 g/mol. The number of nitrogens with one attached hydrogen (secondary N) is 1. The van der Waals surface area contributed by atoms with Crippen molar-refractivity contribution >= 4 is 23.4 Å². The van der Waals surface area contributed by atoms with E-state index in [0.29, 0.717) is 24.1 Å². The minimum atomic E-state index is -0.217. The molecule has 7 nitrogen and oxygen atoms in total. The van der Waals surface area contributed by atoms with Crippen molar-refractivity contribution in [3.05, 3.63) is 70.7 Å². The second-order valence-corrected chi connectivity index (χ2v) is 7.99. The molecule has 0 saturated carbocycles. The minimum Gasteiger partial charge on any atom is -0.368 e. The molecule has 3 N–H and O–H groups in total. The Labute approximate surface area is 176 Å². The summed E-state index contributed by atoms with van der Waals surface area (Å²) >= 11 is 0. The van der Waals surface area contributed by atoms with Gasteiger partial charge in [0.25, 0.3) is 5.91 Å². The van der Waals surface area contributed by atoms with Crippen LogP contribution in [0.5, 0.6) is 0 Å². The predicted molar refractivity (Wildman–Crippen MR) is 119 cm³/mol. The van der Waals surface area contributed by atoms with E-state index in [4.69, 9.17) is 5.73 Å². The predicted octanol–water partition coefficient (Wildman–Crippen LogP) is 3.70. The normalized spacial score (nSPS) is 13.3. The molecule has 7 heteroatoms. The fourth-order valence-corrected chi connectivity index (χ4v) is 3.60. The lowest BCUT2D eigenvalue weighted by Crippen LogP contribution is -2.32. The molecule has 0 unspecified atom stereocenters. The quantitative estimate of drug-likeness (QED) is 0.691.